The van der Waals surface area contributed by atoms with Gasteiger partial charge in [0.1, 0.15) is 0 Å². The standard InChI is InChI=1S/C21H24N4O5S2/c26-21(19-5-2-8-23-13-14-31(27,28)22-20(19)23)24-9-11-25(12-10-24)32(29,30)18-7-6-16-3-1-4-17(16)15-18/h2,5-8,15H,1,3-4,9-14H2. The molecule has 0 bridgehead atoms. The highest BCUT2D eigenvalue weighted by molar-refractivity contribution is 7.90. The number of allylic oxidation sites excluding steroid dienone is 2. The maximum atomic E-state index is 13.1. The number of sulfonamides is 2. The molecule has 9 nitrogen and oxygen atoms in total. The molecule has 0 atom stereocenters. The van der Waals surface area contributed by atoms with Crippen molar-refractivity contribution in [3.05, 3.63) is 53.3 Å². The fraction of sp³-hybridized carbons (Fsp3) is 0.429. The minimum Gasteiger partial charge on any atom is -0.336 e. The second kappa shape index (κ2) is 7.82. The molecule has 32 heavy (non-hydrogen) atoms. The first-order chi connectivity index (χ1) is 15.2. The number of nitrogens with zero attached hydrogens (tertiary/aromatic N) is 4. The number of hydrogen-bond donors (Lipinski definition) is 0. The molecule has 0 spiro atoms. The van der Waals surface area contributed by atoms with Gasteiger partial charge >= 0.3 is 0 Å². The van der Waals surface area contributed by atoms with Crippen molar-refractivity contribution < 1.29 is 21.6 Å². The molecule has 1 amide bonds. The van der Waals surface area contributed by atoms with Gasteiger partial charge in [0.05, 0.1) is 16.2 Å². The van der Waals surface area contributed by atoms with Crippen molar-refractivity contribution in [1.29, 1.82) is 0 Å². The van der Waals surface area contributed by atoms with Gasteiger partial charge in [0.15, 0.2) is 5.84 Å². The van der Waals surface area contributed by atoms with E-state index in [4.69, 9.17) is 0 Å². The van der Waals surface area contributed by atoms with Gasteiger partial charge in [-0.25, -0.2) is 16.8 Å². The van der Waals surface area contributed by atoms with Gasteiger partial charge in [0.2, 0.25) is 10.0 Å². The highest BCUT2D eigenvalue weighted by Crippen LogP contribution is 2.27. The van der Waals surface area contributed by atoms with Crippen LogP contribution in [0.2, 0.25) is 0 Å². The molecular weight excluding hydrogens is 452 g/mol. The summed E-state index contributed by atoms with van der Waals surface area (Å²) in [7, 11) is -7.23. The van der Waals surface area contributed by atoms with Crippen molar-refractivity contribution >= 4 is 31.8 Å². The highest BCUT2D eigenvalue weighted by atomic mass is 32.2. The van der Waals surface area contributed by atoms with Gasteiger partial charge in [-0.15, -0.1) is 4.40 Å². The predicted molar refractivity (Wildman–Crippen MR) is 119 cm³/mol. The first-order valence-electron chi connectivity index (χ1n) is 10.6. The van der Waals surface area contributed by atoms with Gasteiger partial charge in [-0.1, -0.05) is 6.07 Å². The van der Waals surface area contributed by atoms with E-state index >= 15 is 0 Å². The van der Waals surface area contributed by atoms with E-state index in [-0.39, 0.29) is 55.8 Å². The molecule has 4 aliphatic rings. The van der Waals surface area contributed by atoms with Gasteiger partial charge < -0.3 is 9.80 Å². The Morgan fingerprint density at radius 2 is 1.75 bits per heavy atom. The van der Waals surface area contributed by atoms with Crippen molar-refractivity contribution in [3.8, 4) is 0 Å². The molecule has 0 saturated carbocycles. The SMILES string of the molecule is O=C(C1=CC=CN2CCS(=O)(=O)N=C12)N1CCN(S(=O)(=O)c2ccc3c(c2)CCC3)CC1. The first-order valence-corrected chi connectivity index (χ1v) is 13.7. The van der Waals surface area contributed by atoms with E-state index in [9.17, 15) is 21.6 Å². The van der Waals surface area contributed by atoms with Crippen LogP contribution in [0.3, 0.4) is 0 Å². The third-order valence-corrected chi connectivity index (χ3v) is 9.37. The predicted octanol–water partition coefficient (Wildman–Crippen LogP) is 0.506. The Labute approximate surface area is 187 Å². The molecule has 3 aliphatic heterocycles. The van der Waals surface area contributed by atoms with Crippen LogP contribution in [0.15, 0.2) is 51.4 Å². The van der Waals surface area contributed by atoms with Crippen molar-refractivity contribution in [1.82, 2.24) is 14.1 Å². The number of carbonyl (C=O) groups excluding carboxylic acids is 1. The Balaban J connectivity index is 1.30. The number of fused-ring (bicyclic) bond motifs is 2. The second-order valence-corrected chi connectivity index (χ2v) is 12.0. The zero-order valence-corrected chi connectivity index (χ0v) is 19.1. The largest absolute Gasteiger partial charge is 0.336 e. The lowest BCUT2D eigenvalue weighted by molar-refractivity contribution is -0.127. The molecule has 170 valence electrons. The molecule has 11 heteroatoms. The molecule has 0 aromatic heterocycles. The first kappa shape index (κ1) is 21.4. The summed E-state index contributed by atoms with van der Waals surface area (Å²) in [5.41, 5.74) is 2.53. The lowest BCUT2D eigenvalue weighted by Crippen LogP contribution is -2.52. The number of hydrogen-bond acceptors (Lipinski definition) is 6. The molecule has 1 aromatic rings. The number of piperazine rings is 1. The van der Waals surface area contributed by atoms with Crippen LogP contribution in [0.25, 0.3) is 0 Å². The average Bonchev–Trinajstić information content (AvgIpc) is 3.26. The zero-order valence-electron chi connectivity index (χ0n) is 17.5. The summed E-state index contributed by atoms with van der Waals surface area (Å²) in [5, 5.41) is 0. The van der Waals surface area contributed by atoms with Crippen LogP contribution in [0.5, 0.6) is 0 Å². The van der Waals surface area contributed by atoms with E-state index in [1.165, 1.54) is 9.87 Å². The lowest BCUT2D eigenvalue weighted by Gasteiger charge is -2.36. The summed E-state index contributed by atoms with van der Waals surface area (Å²) in [6, 6.07) is 5.36. The third kappa shape index (κ3) is 3.78. The molecule has 0 N–H and O–H groups in total. The van der Waals surface area contributed by atoms with Crippen molar-refractivity contribution in [3.63, 3.8) is 0 Å². The Hall–Kier alpha value is -2.50. The summed E-state index contributed by atoms with van der Waals surface area (Å²) in [4.78, 5) is 16.6. The normalized spacial score (nSPS) is 22.8. The number of carbonyl (C=O) groups is 1. The van der Waals surface area contributed by atoms with E-state index in [0.29, 0.717) is 4.90 Å². The Bertz CT molecular complexity index is 1270. The van der Waals surface area contributed by atoms with Crippen molar-refractivity contribution in [2.45, 2.75) is 24.2 Å². The van der Waals surface area contributed by atoms with E-state index in [2.05, 4.69) is 4.40 Å². The molecular formula is C21H24N4O5S2. The van der Waals surface area contributed by atoms with Crippen LogP contribution in [0, 0.1) is 0 Å². The molecule has 0 unspecified atom stereocenters. The Morgan fingerprint density at radius 3 is 2.53 bits per heavy atom. The highest BCUT2D eigenvalue weighted by Gasteiger charge is 2.35. The fourth-order valence-corrected chi connectivity index (χ4v) is 7.00. The number of rotatable bonds is 3. The summed E-state index contributed by atoms with van der Waals surface area (Å²) in [6.45, 7) is 1.06. The van der Waals surface area contributed by atoms with Crippen LogP contribution in [-0.2, 0) is 37.7 Å². The minimum atomic E-state index is -3.63. The smallest absolute Gasteiger partial charge is 0.257 e. The van der Waals surface area contributed by atoms with Crippen LogP contribution < -0.4 is 0 Å². The van der Waals surface area contributed by atoms with Gasteiger partial charge in [-0.05, 0) is 54.7 Å². The fourth-order valence-electron chi connectivity index (χ4n) is 4.54. The lowest BCUT2D eigenvalue weighted by atomic mass is 10.1. The van der Waals surface area contributed by atoms with Gasteiger partial charge in [0.25, 0.3) is 15.9 Å². The topological polar surface area (TPSA) is 107 Å². The van der Waals surface area contributed by atoms with Crippen molar-refractivity contribution in [2.24, 2.45) is 4.40 Å². The Kier molecular flexibility index (Phi) is 5.22. The Morgan fingerprint density at radius 1 is 1.00 bits per heavy atom. The van der Waals surface area contributed by atoms with Crippen LogP contribution in [0.4, 0.5) is 0 Å². The quantitative estimate of drug-likeness (QED) is 0.629. The van der Waals surface area contributed by atoms with Crippen LogP contribution in [0.1, 0.15) is 17.5 Å². The summed E-state index contributed by atoms with van der Waals surface area (Å²) in [6.07, 6.45) is 7.90. The second-order valence-electron chi connectivity index (χ2n) is 8.30. The van der Waals surface area contributed by atoms with Gasteiger partial charge in [-0.3, -0.25) is 4.79 Å². The molecule has 1 aliphatic carbocycles. The molecule has 3 heterocycles. The zero-order chi connectivity index (χ0) is 22.5. The number of aryl methyl sites for hydroxylation is 2. The van der Waals surface area contributed by atoms with E-state index in [1.807, 2.05) is 6.07 Å². The average molecular weight is 477 g/mol. The molecule has 1 aromatic carbocycles. The molecule has 5 rings (SSSR count). The number of amidine groups is 1. The van der Waals surface area contributed by atoms with Gasteiger partial charge in [0, 0.05) is 38.9 Å². The maximum absolute atomic E-state index is 13.1. The molecule has 1 saturated heterocycles. The van der Waals surface area contributed by atoms with E-state index in [0.717, 1.165) is 24.8 Å². The summed E-state index contributed by atoms with van der Waals surface area (Å²) >= 11 is 0. The molecule has 1 fully saturated rings. The van der Waals surface area contributed by atoms with E-state index in [1.54, 1.807) is 40.3 Å². The molecule has 0 radical (unpaired) electrons. The number of amides is 1. The summed E-state index contributed by atoms with van der Waals surface area (Å²) < 4.78 is 55.4. The third-order valence-electron chi connectivity index (χ3n) is 6.32. The van der Waals surface area contributed by atoms with Crippen molar-refractivity contribution in [2.75, 3.05) is 38.5 Å². The van der Waals surface area contributed by atoms with E-state index < -0.39 is 20.0 Å². The minimum absolute atomic E-state index is 0.0957. The van der Waals surface area contributed by atoms with Crippen LogP contribution >= 0.6 is 0 Å². The van der Waals surface area contributed by atoms with Crippen LogP contribution in [-0.4, -0.2) is 81.2 Å². The van der Waals surface area contributed by atoms with Gasteiger partial charge in [-0.2, -0.15) is 4.31 Å². The maximum Gasteiger partial charge on any atom is 0.257 e. The summed E-state index contributed by atoms with van der Waals surface area (Å²) in [5.74, 6) is -0.302. The number of benzene rings is 1. The monoisotopic (exact) mass is 476 g/mol.